The quantitative estimate of drug-likeness (QED) is 0.612. The van der Waals surface area contributed by atoms with Crippen molar-refractivity contribution in [3.05, 3.63) is 35.4 Å². The van der Waals surface area contributed by atoms with Crippen molar-refractivity contribution in [2.45, 2.75) is 52.6 Å². The van der Waals surface area contributed by atoms with E-state index >= 15 is 0 Å². The predicted molar refractivity (Wildman–Crippen MR) is 78.3 cm³/mol. The Hall–Kier alpha value is -1.35. The molecule has 1 aliphatic carbocycles. The van der Waals surface area contributed by atoms with Crippen molar-refractivity contribution >= 4 is 5.97 Å². The van der Waals surface area contributed by atoms with E-state index in [1.807, 2.05) is 12.1 Å². The molecule has 0 N–H and O–H groups in total. The lowest BCUT2D eigenvalue weighted by Gasteiger charge is -2.32. The summed E-state index contributed by atoms with van der Waals surface area (Å²) in [6.45, 7) is 6.48. The summed E-state index contributed by atoms with van der Waals surface area (Å²) in [5.74, 6) is 0.647. The van der Waals surface area contributed by atoms with Gasteiger partial charge in [0.25, 0.3) is 0 Å². The van der Waals surface area contributed by atoms with Gasteiger partial charge in [0.15, 0.2) is 0 Å². The second kappa shape index (κ2) is 6.89. The van der Waals surface area contributed by atoms with Gasteiger partial charge < -0.3 is 0 Å². The van der Waals surface area contributed by atoms with Gasteiger partial charge in [-0.2, -0.15) is 4.89 Å². The van der Waals surface area contributed by atoms with Crippen LogP contribution in [0.2, 0.25) is 0 Å². The molecule has 0 spiro atoms. The van der Waals surface area contributed by atoms with Gasteiger partial charge in [-0.3, -0.25) is 4.89 Å². The molecule has 0 heterocycles. The molecule has 0 radical (unpaired) electrons. The van der Waals surface area contributed by atoms with Crippen LogP contribution in [0.1, 0.15) is 56.0 Å². The fourth-order valence-electron chi connectivity index (χ4n) is 2.70. The minimum absolute atomic E-state index is 0.0256. The largest absolute Gasteiger partial charge is 0.373 e. The van der Waals surface area contributed by atoms with Crippen LogP contribution >= 0.6 is 0 Å². The van der Waals surface area contributed by atoms with Gasteiger partial charge in [0.05, 0.1) is 5.56 Å². The molecule has 1 aliphatic rings. The zero-order valence-corrected chi connectivity index (χ0v) is 12.6. The summed E-state index contributed by atoms with van der Waals surface area (Å²) in [5.41, 5.74) is 1.75. The van der Waals surface area contributed by atoms with Gasteiger partial charge in [-0.05, 0) is 42.4 Å². The Labute approximate surface area is 121 Å². The highest BCUT2D eigenvalue weighted by Crippen LogP contribution is 2.31. The fourth-order valence-corrected chi connectivity index (χ4v) is 2.70. The molecule has 2 rings (SSSR count). The Morgan fingerprint density at radius 1 is 1.20 bits per heavy atom. The van der Waals surface area contributed by atoms with E-state index in [4.69, 9.17) is 9.78 Å². The summed E-state index contributed by atoms with van der Waals surface area (Å²) in [6, 6.07) is 7.47. The first kappa shape index (κ1) is 15.0. The molecule has 0 aliphatic heterocycles. The number of carbonyl (C=O) groups excluding carboxylic acids is 1. The maximum atomic E-state index is 11.9. The molecule has 1 aromatic carbocycles. The maximum absolute atomic E-state index is 11.9. The van der Waals surface area contributed by atoms with E-state index in [2.05, 4.69) is 20.8 Å². The second-order valence-corrected chi connectivity index (χ2v) is 5.82. The summed E-state index contributed by atoms with van der Waals surface area (Å²) in [4.78, 5) is 22.3. The normalized spacial score (nSPS) is 26.2. The van der Waals surface area contributed by atoms with Crippen LogP contribution in [0.5, 0.6) is 0 Å². The Bertz CT molecular complexity index is 438. The summed E-state index contributed by atoms with van der Waals surface area (Å²) in [5, 5.41) is 0. The molecule has 1 saturated carbocycles. The number of hydrogen-bond acceptors (Lipinski definition) is 3. The third-order valence-corrected chi connectivity index (χ3v) is 4.48. The number of aryl methyl sites for hydroxylation is 1. The lowest BCUT2D eigenvalue weighted by atomic mass is 9.80. The maximum Gasteiger partial charge on any atom is 0.373 e. The van der Waals surface area contributed by atoms with Crippen LogP contribution in [0.4, 0.5) is 0 Å². The molecule has 0 bridgehead atoms. The van der Waals surface area contributed by atoms with Gasteiger partial charge in [-0.15, -0.1) is 0 Å². The zero-order valence-electron chi connectivity index (χ0n) is 12.6. The highest BCUT2D eigenvalue weighted by atomic mass is 17.2. The van der Waals surface area contributed by atoms with E-state index < -0.39 is 5.97 Å². The van der Waals surface area contributed by atoms with Crippen molar-refractivity contribution in [1.82, 2.24) is 0 Å². The van der Waals surface area contributed by atoms with Gasteiger partial charge in [-0.25, -0.2) is 4.79 Å². The summed E-state index contributed by atoms with van der Waals surface area (Å²) >= 11 is 0. The lowest BCUT2D eigenvalue weighted by Crippen LogP contribution is -2.31. The molecular formula is C17H24O3. The van der Waals surface area contributed by atoms with E-state index in [-0.39, 0.29) is 6.10 Å². The number of carbonyl (C=O) groups is 1. The van der Waals surface area contributed by atoms with E-state index in [9.17, 15) is 4.79 Å². The zero-order chi connectivity index (χ0) is 14.5. The minimum Gasteiger partial charge on any atom is -0.293 e. The Morgan fingerprint density at radius 2 is 1.90 bits per heavy atom. The first-order chi connectivity index (χ1) is 9.61. The highest BCUT2D eigenvalue weighted by Gasteiger charge is 2.29. The van der Waals surface area contributed by atoms with Gasteiger partial charge in [0.2, 0.25) is 0 Å². The van der Waals surface area contributed by atoms with Crippen LogP contribution in [0.3, 0.4) is 0 Å². The summed E-state index contributed by atoms with van der Waals surface area (Å²) in [7, 11) is 0. The molecule has 110 valence electrons. The molecule has 3 heteroatoms. The van der Waals surface area contributed by atoms with Crippen molar-refractivity contribution in [1.29, 1.82) is 0 Å². The van der Waals surface area contributed by atoms with Crippen molar-refractivity contribution in [3.8, 4) is 0 Å². The van der Waals surface area contributed by atoms with E-state index in [1.54, 1.807) is 12.1 Å². The number of hydrogen-bond donors (Lipinski definition) is 0. The molecule has 3 atom stereocenters. The predicted octanol–water partition coefficient (Wildman–Crippen LogP) is 4.16. The molecule has 0 amide bonds. The smallest absolute Gasteiger partial charge is 0.293 e. The molecule has 1 fully saturated rings. The Kier molecular flexibility index (Phi) is 5.18. The van der Waals surface area contributed by atoms with Gasteiger partial charge >= 0.3 is 5.97 Å². The van der Waals surface area contributed by atoms with Crippen molar-refractivity contribution in [3.63, 3.8) is 0 Å². The lowest BCUT2D eigenvalue weighted by molar-refractivity contribution is -0.292. The summed E-state index contributed by atoms with van der Waals surface area (Å²) < 4.78 is 0. The first-order valence-corrected chi connectivity index (χ1v) is 7.58. The number of benzene rings is 1. The van der Waals surface area contributed by atoms with E-state index in [1.165, 1.54) is 12.0 Å². The molecule has 0 saturated heterocycles. The third-order valence-electron chi connectivity index (χ3n) is 4.48. The minimum atomic E-state index is -0.405. The monoisotopic (exact) mass is 276 g/mol. The molecule has 0 aromatic heterocycles. The summed E-state index contributed by atoms with van der Waals surface area (Å²) in [6.07, 6.45) is 4.32. The van der Waals surface area contributed by atoms with Crippen LogP contribution < -0.4 is 0 Å². The Balaban J connectivity index is 1.87. The van der Waals surface area contributed by atoms with Crippen LogP contribution in [0, 0.1) is 11.8 Å². The standard InChI is InChI=1S/C17H24O3/c1-4-14-8-10-15(11-9-14)17(18)20-19-16-7-5-6-12(2)13(16)3/h8-13,16H,4-7H2,1-3H3. The molecule has 3 unspecified atom stereocenters. The molecule has 1 aromatic rings. The average Bonchev–Trinajstić information content (AvgIpc) is 2.48. The van der Waals surface area contributed by atoms with Crippen molar-refractivity contribution in [2.75, 3.05) is 0 Å². The van der Waals surface area contributed by atoms with E-state index in [0.29, 0.717) is 17.4 Å². The second-order valence-electron chi connectivity index (χ2n) is 5.82. The molecule has 20 heavy (non-hydrogen) atoms. The van der Waals surface area contributed by atoms with Crippen LogP contribution in [0.15, 0.2) is 24.3 Å². The van der Waals surface area contributed by atoms with Gasteiger partial charge in [0, 0.05) is 0 Å². The van der Waals surface area contributed by atoms with Gasteiger partial charge in [-0.1, -0.05) is 45.7 Å². The highest BCUT2D eigenvalue weighted by molar-refractivity contribution is 5.88. The first-order valence-electron chi connectivity index (χ1n) is 7.58. The van der Waals surface area contributed by atoms with Crippen molar-refractivity contribution < 1.29 is 14.6 Å². The fraction of sp³-hybridized carbons (Fsp3) is 0.588. The van der Waals surface area contributed by atoms with Crippen molar-refractivity contribution in [2.24, 2.45) is 11.8 Å². The van der Waals surface area contributed by atoms with E-state index in [0.717, 1.165) is 19.3 Å². The molecule has 3 nitrogen and oxygen atoms in total. The van der Waals surface area contributed by atoms with Gasteiger partial charge in [0.1, 0.15) is 6.10 Å². The SMILES string of the molecule is CCc1ccc(C(=O)OOC2CCCC(C)C2C)cc1. The Morgan fingerprint density at radius 3 is 2.55 bits per heavy atom. The topological polar surface area (TPSA) is 35.5 Å². The van der Waals surface area contributed by atoms with Crippen LogP contribution in [0.25, 0.3) is 0 Å². The van der Waals surface area contributed by atoms with Crippen LogP contribution in [-0.2, 0) is 16.2 Å². The number of rotatable bonds is 4. The average molecular weight is 276 g/mol. The molecular weight excluding hydrogens is 252 g/mol. The van der Waals surface area contributed by atoms with Crippen LogP contribution in [-0.4, -0.2) is 12.1 Å². The third kappa shape index (κ3) is 3.60.